The molecule has 2 aliphatic heterocycles. The molecule has 0 bridgehead atoms. The summed E-state index contributed by atoms with van der Waals surface area (Å²) in [6.07, 6.45) is -0.127. The number of aldehydes is 1. The largest absolute Gasteiger partial charge is 0.448 e. The van der Waals surface area contributed by atoms with E-state index < -0.39 is 40.8 Å². The Morgan fingerprint density at radius 3 is 1.85 bits per heavy atom. The van der Waals surface area contributed by atoms with E-state index in [-0.39, 0.29) is 29.3 Å². The Kier molecular flexibility index (Phi) is 12.0. The minimum Gasteiger partial charge on any atom is -0.448 e. The molecule has 13 heteroatoms. The maximum Gasteiger partial charge on any atom is 0.356 e. The number of ether oxygens (including phenoxy) is 1. The number of nitrogens with zero attached hydrogens (tertiary/aromatic N) is 3. The average Bonchev–Trinajstić information content (AvgIpc) is 3.77. The van der Waals surface area contributed by atoms with Gasteiger partial charge in [0, 0.05) is 17.6 Å². The third kappa shape index (κ3) is 7.84. The number of hydrogen-bond acceptors (Lipinski definition) is 11. The number of esters is 1. The Labute approximate surface area is 355 Å². The van der Waals surface area contributed by atoms with Gasteiger partial charge in [-0.2, -0.15) is 0 Å². The zero-order valence-electron chi connectivity index (χ0n) is 32.3. The molecule has 1 aromatic heterocycles. The van der Waals surface area contributed by atoms with Gasteiger partial charge in [0.1, 0.15) is 41.7 Å². The summed E-state index contributed by atoms with van der Waals surface area (Å²) in [4.78, 5) is 65.2. The van der Waals surface area contributed by atoms with Gasteiger partial charge >= 0.3 is 5.97 Å². The number of fused-ring (bicyclic) bond motifs is 1. The third-order valence-electron chi connectivity index (χ3n) is 10.3. The first kappa shape index (κ1) is 40.0. The highest BCUT2D eigenvalue weighted by molar-refractivity contribution is 8.00. The van der Waals surface area contributed by atoms with E-state index in [9.17, 15) is 19.2 Å². The molecule has 3 heterocycles. The first-order valence-corrected chi connectivity index (χ1v) is 21.1. The lowest BCUT2D eigenvalue weighted by Gasteiger charge is -2.49. The van der Waals surface area contributed by atoms with Gasteiger partial charge in [0.05, 0.1) is 0 Å². The van der Waals surface area contributed by atoms with E-state index in [2.05, 4.69) is 52.2 Å². The number of oxime groups is 1. The van der Waals surface area contributed by atoms with Crippen molar-refractivity contribution in [2.75, 3.05) is 18.2 Å². The van der Waals surface area contributed by atoms with Crippen LogP contribution in [0.25, 0.3) is 0 Å². The number of carbonyl (C=O) groups is 4. The highest BCUT2D eigenvalue weighted by Gasteiger charge is 2.55. The molecule has 1 fully saturated rings. The van der Waals surface area contributed by atoms with E-state index in [0.717, 1.165) is 27.8 Å². The number of thiazole rings is 1. The number of amides is 2. The van der Waals surface area contributed by atoms with Gasteiger partial charge in [-0.25, -0.2) is 9.78 Å². The summed E-state index contributed by atoms with van der Waals surface area (Å²) in [7, 11) is 1.33. The van der Waals surface area contributed by atoms with Gasteiger partial charge in [-0.3, -0.25) is 14.5 Å². The molecule has 60 heavy (non-hydrogen) atoms. The fraction of sp³-hybridized carbons (Fsp3) is 0.149. The van der Waals surface area contributed by atoms with E-state index >= 15 is 0 Å². The zero-order chi connectivity index (χ0) is 41.5. The quantitative estimate of drug-likeness (QED) is 0.0270. The normalized spacial score (nSPS) is 16.4. The van der Waals surface area contributed by atoms with Crippen LogP contribution in [-0.2, 0) is 34.3 Å². The Hall–Kier alpha value is -6.83. The molecule has 0 aliphatic carbocycles. The number of aromatic nitrogens is 1. The second-order valence-corrected chi connectivity index (χ2v) is 15.9. The Bertz CT molecular complexity index is 2400. The molecule has 0 saturated carbocycles. The minimum atomic E-state index is -1.01. The van der Waals surface area contributed by atoms with E-state index in [4.69, 9.17) is 14.6 Å². The van der Waals surface area contributed by atoms with Gasteiger partial charge in [-0.15, -0.1) is 23.1 Å². The lowest BCUT2D eigenvalue weighted by Crippen LogP contribution is -2.71. The van der Waals surface area contributed by atoms with E-state index in [1.165, 1.54) is 35.1 Å². The van der Waals surface area contributed by atoms with E-state index in [1.807, 2.05) is 115 Å². The number of benzene rings is 5. The SMILES string of the molecule is CON=C(C(=O)NC1C(=O)N2C(C(=O)OC(c3ccccc3)c3ccccc3)=C(CC=O)CSC12)c1csc(NC(c2ccccc2)(c2ccccc2)c2ccccc2)n1. The number of thioether (sulfide) groups is 1. The minimum absolute atomic E-state index is 0.0120. The van der Waals surface area contributed by atoms with Crippen LogP contribution in [0.15, 0.2) is 173 Å². The van der Waals surface area contributed by atoms with Crippen molar-refractivity contribution in [1.82, 2.24) is 15.2 Å². The summed E-state index contributed by atoms with van der Waals surface area (Å²) in [5.74, 6) is -1.68. The molecule has 8 rings (SSSR count). The van der Waals surface area contributed by atoms with Crippen molar-refractivity contribution in [1.29, 1.82) is 0 Å². The van der Waals surface area contributed by atoms with Crippen molar-refractivity contribution in [3.8, 4) is 0 Å². The van der Waals surface area contributed by atoms with Gasteiger partial charge in [0.2, 0.25) is 0 Å². The van der Waals surface area contributed by atoms with Crippen LogP contribution in [-0.4, -0.2) is 63.9 Å². The van der Waals surface area contributed by atoms with Gasteiger partial charge in [-0.05, 0) is 33.4 Å². The summed E-state index contributed by atoms with van der Waals surface area (Å²) < 4.78 is 6.15. The van der Waals surface area contributed by atoms with Crippen LogP contribution in [0.4, 0.5) is 5.13 Å². The molecule has 11 nitrogen and oxygen atoms in total. The number of β-lactam (4-membered cyclic amide) rings is 1. The molecule has 2 aliphatic rings. The van der Waals surface area contributed by atoms with Gasteiger partial charge < -0.3 is 25.0 Å². The number of nitrogens with one attached hydrogen (secondary N) is 2. The maximum absolute atomic E-state index is 14.1. The van der Waals surface area contributed by atoms with Crippen LogP contribution in [0.2, 0.25) is 0 Å². The van der Waals surface area contributed by atoms with Gasteiger partial charge in [0.25, 0.3) is 11.8 Å². The molecule has 1 saturated heterocycles. The Morgan fingerprint density at radius 1 is 0.833 bits per heavy atom. The lowest BCUT2D eigenvalue weighted by atomic mass is 9.77. The average molecular weight is 834 g/mol. The van der Waals surface area contributed by atoms with Crippen LogP contribution in [0.5, 0.6) is 0 Å². The maximum atomic E-state index is 14.1. The predicted octanol–water partition coefficient (Wildman–Crippen LogP) is 7.47. The van der Waals surface area contributed by atoms with Crippen LogP contribution in [0, 0.1) is 0 Å². The third-order valence-corrected chi connectivity index (χ3v) is 12.4. The Morgan fingerprint density at radius 2 is 1.35 bits per heavy atom. The van der Waals surface area contributed by atoms with Crippen molar-refractivity contribution >= 4 is 58.0 Å². The monoisotopic (exact) mass is 833 g/mol. The summed E-state index contributed by atoms with van der Waals surface area (Å²) in [6, 6.07) is 47.8. The molecule has 300 valence electrons. The highest BCUT2D eigenvalue weighted by atomic mass is 32.2. The van der Waals surface area contributed by atoms with Crippen LogP contribution >= 0.6 is 23.1 Å². The summed E-state index contributed by atoms with van der Waals surface area (Å²) in [6.45, 7) is 0. The number of carbonyl (C=O) groups excluding carboxylic acids is 4. The molecular weight excluding hydrogens is 795 g/mol. The van der Waals surface area contributed by atoms with Crippen LogP contribution in [0.1, 0.15) is 46.0 Å². The smallest absolute Gasteiger partial charge is 0.356 e. The second kappa shape index (κ2) is 18.0. The second-order valence-electron chi connectivity index (χ2n) is 13.9. The molecule has 6 aromatic rings. The fourth-order valence-electron chi connectivity index (χ4n) is 7.56. The lowest BCUT2D eigenvalue weighted by molar-refractivity contribution is -0.154. The summed E-state index contributed by atoms with van der Waals surface area (Å²) in [5, 5.41) is 12.2. The summed E-state index contributed by atoms with van der Waals surface area (Å²) >= 11 is 2.64. The van der Waals surface area contributed by atoms with Crippen molar-refractivity contribution < 1.29 is 28.8 Å². The molecular formula is C47H39N5O6S2. The first-order valence-electron chi connectivity index (χ1n) is 19.2. The zero-order valence-corrected chi connectivity index (χ0v) is 34.0. The summed E-state index contributed by atoms with van der Waals surface area (Å²) in [5.41, 5.74) is 4.13. The molecule has 2 atom stereocenters. The molecule has 5 aromatic carbocycles. The standard InChI is InChI=1S/C47H39N5O6S2/c1-57-51-38(37-30-60-46(48-37)50-47(34-21-11-4-12-22-34,35-23-13-5-14-24-35)36-25-15-6-16-26-36)42(54)49-39-43(55)52-40(33(27-28-53)29-59-44(39)52)45(56)58-41(31-17-7-2-8-18-31)32-19-9-3-10-20-32/h2-26,28,30,39,41,44H,27,29H2,1H3,(H,48,50)(H,49,54). The van der Waals surface area contributed by atoms with Crippen molar-refractivity contribution in [3.05, 3.63) is 202 Å². The number of anilines is 1. The molecule has 2 amide bonds. The van der Waals surface area contributed by atoms with Crippen LogP contribution in [0.3, 0.4) is 0 Å². The highest BCUT2D eigenvalue weighted by Crippen LogP contribution is 2.43. The van der Waals surface area contributed by atoms with E-state index in [1.54, 1.807) is 5.38 Å². The molecule has 2 unspecified atom stereocenters. The van der Waals surface area contributed by atoms with Crippen molar-refractivity contribution in [2.24, 2.45) is 5.16 Å². The molecule has 0 radical (unpaired) electrons. The van der Waals surface area contributed by atoms with Crippen molar-refractivity contribution in [2.45, 2.75) is 29.5 Å². The van der Waals surface area contributed by atoms with Gasteiger partial charge in [-0.1, -0.05) is 157 Å². The molecule has 0 spiro atoms. The molecule has 2 N–H and O–H groups in total. The number of hydrogen-bond donors (Lipinski definition) is 2. The van der Waals surface area contributed by atoms with E-state index in [0.29, 0.717) is 17.0 Å². The van der Waals surface area contributed by atoms with Gasteiger partial charge in [0.15, 0.2) is 16.9 Å². The van der Waals surface area contributed by atoms with Crippen LogP contribution < -0.4 is 10.6 Å². The Balaban J connectivity index is 1.04. The predicted molar refractivity (Wildman–Crippen MR) is 232 cm³/mol. The topological polar surface area (TPSA) is 139 Å². The first-order chi connectivity index (χ1) is 29.4. The fourth-order valence-corrected chi connectivity index (χ4v) is 9.68. The number of rotatable bonds is 15. The van der Waals surface area contributed by atoms with Crippen molar-refractivity contribution in [3.63, 3.8) is 0 Å².